The van der Waals surface area contributed by atoms with Crippen molar-refractivity contribution in [3.63, 3.8) is 0 Å². The van der Waals surface area contributed by atoms with Gasteiger partial charge in [0, 0.05) is 23.3 Å². The quantitative estimate of drug-likeness (QED) is 0.136. The number of nitrogens with zero attached hydrogens (tertiary/aromatic N) is 4. The molecule has 0 atom stereocenters. The van der Waals surface area contributed by atoms with Crippen LogP contribution in [0.2, 0.25) is 0 Å². The lowest BCUT2D eigenvalue weighted by Crippen LogP contribution is -2.08. The molecule has 0 spiro atoms. The fourth-order valence-electron chi connectivity index (χ4n) is 4.05. The van der Waals surface area contributed by atoms with Gasteiger partial charge in [0.1, 0.15) is 18.2 Å². The second-order valence-corrected chi connectivity index (χ2v) is 8.43. The van der Waals surface area contributed by atoms with Crippen LogP contribution in [0.4, 0.5) is 23.2 Å². The van der Waals surface area contributed by atoms with Gasteiger partial charge in [0.05, 0.1) is 32.9 Å². The molecule has 0 amide bonds. The monoisotopic (exact) mass is 522 g/mol. The number of pyridine rings is 1. The Kier molecular flexibility index (Phi) is 6.27. The second kappa shape index (κ2) is 9.58. The van der Waals surface area contributed by atoms with E-state index in [1.54, 1.807) is 42.5 Å². The summed E-state index contributed by atoms with van der Waals surface area (Å²) in [5, 5.41) is 15.1. The lowest BCUT2D eigenvalue weighted by molar-refractivity contribution is -0.384. The van der Waals surface area contributed by atoms with Crippen LogP contribution >= 0.6 is 0 Å². The molecule has 2 heterocycles. The standard InChI is InChI=1S/C27H18F4N4O3/c1-16-25-22(27(29,30)31)14-24(32-26(25)34(33-16)19-8-10-20(11-9-19)35(36)37)17-6-12-21(13-7-17)38-15-18-4-2-3-5-23(18)28/h2-14H,15H2,1H3. The molecule has 38 heavy (non-hydrogen) atoms. The van der Waals surface area contributed by atoms with Gasteiger partial charge in [-0.3, -0.25) is 10.1 Å². The van der Waals surface area contributed by atoms with Gasteiger partial charge in [-0.05, 0) is 55.5 Å². The summed E-state index contributed by atoms with van der Waals surface area (Å²) in [6.07, 6.45) is -4.69. The van der Waals surface area contributed by atoms with E-state index >= 15 is 0 Å². The summed E-state index contributed by atoms with van der Waals surface area (Å²) in [5.74, 6) is 0.00196. The first-order chi connectivity index (χ1) is 18.1. The van der Waals surface area contributed by atoms with Crippen LogP contribution in [0.15, 0.2) is 78.9 Å². The number of hydrogen-bond acceptors (Lipinski definition) is 5. The average Bonchev–Trinajstić information content (AvgIpc) is 3.23. The zero-order chi connectivity index (χ0) is 27.0. The van der Waals surface area contributed by atoms with Crippen LogP contribution in [0.1, 0.15) is 16.8 Å². The largest absolute Gasteiger partial charge is 0.489 e. The molecule has 5 rings (SSSR count). The molecule has 5 aromatic rings. The minimum absolute atomic E-state index is 0.0118. The number of aryl methyl sites for hydroxylation is 1. The first-order valence-electron chi connectivity index (χ1n) is 11.3. The van der Waals surface area contributed by atoms with E-state index in [1.807, 2.05) is 0 Å². The van der Waals surface area contributed by atoms with Crippen LogP contribution in [-0.4, -0.2) is 19.7 Å². The van der Waals surface area contributed by atoms with Crippen molar-refractivity contribution >= 4 is 16.7 Å². The van der Waals surface area contributed by atoms with Crippen molar-refractivity contribution in [3.8, 4) is 22.7 Å². The SMILES string of the molecule is Cc1nn(-c2ccc([N+](=O)[O-])cc2)c2nc(-c3ccc(OCc4ccccc4F)cc3)cc(C(F)(F)F)c12. The molecule has 3 aromatic carbocycles. The van der Waals surface area contributed by atoms with E-state index in [9.17, 15) is 27.7 Å². The van der Waals surface area contributed by atoms with Crippen molar-refractivity contribution in [2.75, 3.05) is 0 Å². The Labute approximate surface area is 213 Å². The van der Waals surface area contributed by atoms with Gasteiger partial charge in [-0.2, -0.15) is 18.3 Å². The van der Waals surface area contributed by atoms with Crippen molar-refractivity contribution in [3.05, 3.63) is 112 Å². The third-order valence-electron chi connectivity index (χ3n) is 5.93. The van der Waals surface area contributed by atoms with Gasteiger partial charge in [-0.1, -0.05) is 18.2 Å². The third kappa shape index (κ3) is 4.77. The van der Waals surface area contributed by atoms with E-state index in [0.717, 1.165) is 6.07 Å². The van der Waals surface area contributed by atoms with E-state index in [-0.39, 0.29) is 34.7 Å². The Hall–Kier alpha value is -4.80. The number of aromatic nitrogens is 3. The summed E-state index contributed by atoms with van der Waals surface area (Å²) in [5.41, 5.74) is 0.143. The zero-order valence-corrected chi connectivity index (χ0v) is 19.7. The lowest BCUT2D eigenvalue weighted by atomic mass is 10.0. The molecule has 0 saturated carbocycles. The maximum Gasteiger partial charge on any atom is 0.417 e. The fraction of sp³-hybridized carbons (Fsp3) is 0.111. The van der Waals surface area contributed by atoms with Crippen molar-refractivity contribution in [1.29, 1.82) is 0 Å². The highest BCUT2D eigenvalue weighted by Gasteiger charge is 2.36. The fourth-order valence-corrected chi connectivity index (χ4v) is 4.05. The maximum absolute atomic E-state index is 14.1. The number of alkyl halides is 3. The molecule has 192 valence electrons. The normalized spacial score (nSPS) is 11.6. The van der Waals surface area contributed by atoms with Gasteiger partial charge in [0.25, 0.3) is 5.69 Å². The predicted octanol–water partition coefficient (Wildman–Crippen LogP) is 7.04. The van der Waals surface area contributed by atoms with E-state index in [4.69, 9.17) is 4.74 Å². The van der Waals surface area contributed by atoms with Gasteiger partial charge in [-0.25, -0.2) is 14.1 Å². The summed E-state index contributed by atoms with van der Waals surface area (Å²) >= 11 is 0. The van der Waals surface area contributed by atoms with Crippen molar-refractivity contribution in [2.45, 2.75) is 19.7 Å². The molecule has 0 saturated heterocycles. The molecule has 0 N–H and O–H groups in total. The van der Waals surface area contributed by atoms with Crippen LogP contribution in [0, 0.1) is 22.9 Å². The number of hydrogen-bond donors (Lipinski definition) is 0. The van der Waals surface area contributed by atoms with Crippen molar-refractivity contribution in [2.24, 2.45) is 0 Å². The molecule has 0 fully saturated rings. The molecule has 0 aliphatic heterocycles. The zero-order valence-electron chi connectivity index (χ0n) is 19.7. The van der Waals surface area contributed by atoms with Crippen LogP contribution in [-0.2, 0) is 12.8 Å². The number of benzene rings is 3. The molecule has 0 aliphatic rings. The van der Waals surface area contributed by atoms with Gasteiger partial charge >= 0.3 is 6.18 Å². The first kappa shape index (κ1) is 24.9. The Morgan fingerprint density at radius 3 is 2.32 bits per heavy atom. The minimum atomic E-state index is -4.69. The van der Waals surface area contributed by atoms with Gasteiger partial charge in [0.15, 0.2) is 5.65 Å². The number of nitro benzene ring substituents is 1. The molecular weight excluding hydrogens is 504 g/mol. The number of fused-ring (bicyclic) bond motifs is 1. The topological polar surface area (TPSA) is 83.1 Å². The lowest BCUT2D eigenvalue weighted by Gasteiger charge is -2.12. The summed E-state index contributed by atoms with van der Waals surface area (Å²) < 4.78 is 63.0. The Morgan fingerprint density at radius 1 is 1.00 bits per heavy atom. The van der Waals surface area contributed by atoms with Crippen LogP contribution in [0.5, 0.6) is 5.75 Å². The molecule has 0 aliphatic carbocycles. The predicted molar refractivity (Wildman–Crippen MR) is 131 cm³/mol. The second-order valence-electron chi connectivity index (χ2n) is 8.43. The summed E-state index contributed by atoms with van der Waals surface area (Å²) in [4.78, 5) is 14.9. The molecule has 0 radical (unpaired) electrons. The molecule has 0 bridgehead atoms. The van der Waals surface area contributed by atoms with Gasteiger partial charge < -0.3 is 4.74 Å². The molecule has 7 nitrogen and oxygen atoms in total. The van der Waals surface area contributed by atoms with Crippen LogP contribution in [0.25, 0.3) is 28.0 Å². The van der Waals surface area contributed by atoms with E-state index < -0.39 is 22.5 Å². The number of rotatable bonds is 6. The molecule has 11 heteroatoms. The van der Waals surface area contributed by atoms with Gasteiger partial charge in [0.2, 0.25) is 0 Å². The number of ether oxygens (including phenoxy) is 1. The Bertz CT molecular complexity index is 1650. The highest BCUT2D eigenvalue weighted by atomic mass is 19.4. The smallest absolute Gasteiger partial charge is 0.417 e. The first-order valence-corrected chi connectivity index (χ1v) is 11.3. The number of nitro groups is 1. The van der Waals surface area contributed by atoms with Gasteiger partial charge in [-0.15, -0.1) is 0 Å². The maximum atomic E-state index is 14.1. The summed E-state index contributed by atoms with van der Waals surface area (Å²) in [6.45, 7) is 1.44. The van der Waals surface area contributed by atoms with E-state index in [2.05, 4.69) is 10.1 Å². The Balaban J connectivity index is 1.54. The average molecular weight is 522 g/mol. The molecule has 0 unspecified atom stereocenters. The molecular formula is C27H18F4N4O3. The third-order valence-corrected chi connectivity index (χ3v) is 5.93. The summed E-state index contributed by atoms with van der Waals surface area (Å²) in [6, 6.07) is 18.7. The molecule has 2 aromatic heterocycles. The minimum Gasteiger partial charge on any atom is -0.489 e. The van der Waals surface area contributed by atoms with E-state index in [1.165, 1.54) is 41.9 Å². The van der Waals surface area contributed by atoms with Crippen LogP contribution < -0.4 is 4.74 Å². The van der Waals surface area contributed by atoms with Crippen molar-refractivity contribution < 1.29 is 27.2 Å². The highest BCUT2D eigenvalue weighted by molar-refractivity contribution is 5.87. The van der Waals surface area contributed by atoms with Crippen molar-refractivity contribution in [1.82, 2.24) is 14.8 Å². The highest BCUT2D eigenvalue weighted by Crippen LogP contribution is 2.39. The summed E-state index contributed by atoms with van der Waals surface area (Å²) in [7, 11) is 0. The number of halogens is 4. The van der Waals surface area contributed by atoms with E-state index in [0.29, 0.717) is 22.6 Å². The number of non-ortho nitro benzene ring substituents is 1. The van der Waals surface area contributed by atoms with Crippen LogP contribution in [0.3, 0.4) is 0 Å². The Morgan fingerprint density at radius 2 is 1.68 bits per heavy atom.